The molecule has 0 aliphatic carbocycles. The van der Waals surface area contributed by atoms with Crippen molar-refractivity contribution in [3.63, 3.8) is 0 Å². The molecule has 0 aliphatic heterocycles. The molecule has 2 N–H and O–H groups in total. The van der Waals surface area contributed by atoms with Crippen LogP contribution in [0, 0.1) is 0 Å². The van der Waals surface area contributed by atoms with Crippen molar-refractivity contribution in [1.29, 1.82) is 0 Å². The van der Waals surface area contributed by atoms with Crippen molar-refractivity contribution in [1.82, 2.24) is 15.5 Å². The zero-order valence-corrected chi connectivity index (χ0v) is 15.8. The Labute approximate surface area is 152 Å². The number of aromatic nitrogens is 2. The molecule has 0 aliphatic rings. The highest BCUT2D eigenvalue weighted by molar-refractivity contribution is 5.90. The van der Waals surface area contributed by atoms with Crippen molar-refractivity contribution in [2.24, 2.45) is 0 Å². The Bertz CT molecular complexity index is 806. The third-order valence-electron chi connectivity index (χ3n) is 3.27. The van der Waals surface area contributed by atoms with E-state index in [0.717, 1.165) is 0 Å². The quantitative estimate of drug-likeness (QED) is 0.865. The zero-order valence-electron chi connectivity index (χ0n) is 15.8. The van der Waals surface area contributed by atoms with Crippen LogP contribution in [0.1, 0.15) is 47.4 Å². The molecular formula is C18H24N4O4. The lowest BCUT2D eigenvalue weighted by Gasteiger charge is -2.21. The molecule has 0 unspecified atom stereocenters. The molecule has 0 radical (unpaired) electrons. The molecule has 1 aromatic carbocycles. The molecule has 0 saturated carbocycles. The largest absolute Gasteiger partial charge is 0.444 e. The highest BCUT2D eigenvalue weighted by Gasteiger charge is 2.28. The molecule has 0 fully saturated rings. The highest BCUT2D eigenvalue weighted by Crippen LogP contribution is 2.28. The van der Waals surface area contributed by atoms with Crippen molar-refractivity contribution in [2.75, 3.05) is 5.32 Å². The number of ether oxygens (including phenoxy) is 1. The summed E-state index contributed by atoms with van der Waals surface area (Å²) in [5.41, 5.74) is -0.370. The van der Waals surface area contributed by atoms with Gasteiger partial charge >= 0.3 is 6.09 Å². The lowest BCUT2D eigenvalue weighted by molar-refractivity contribution is -0.120. The lowest BCUT2D eigenvalue weighted by atomic mass is 10.1. The van der Waals surface area contributed by atoms with E-state index in [9.17, 15) is 9.59 Å². The molecule has 8 nitrogen and oxygen atoms in total. The number of para-hydroxylation sites is 1. The fraction of sp³-hybridized carbons (Fsp3) is 0.444. The predicted octanol–water partition coefficient (Wildman–Crippen LogP) is 3.45. The molecule has 0 saturated heterocycles. The van der Waals surface area contributed by atoms with Gasteiger partial charge in [0.1, 0.15) is 5.60 Å². The third kappa shape index (κ3) is 5.05. The minimum atomic E-state index is -0.791. The van der Waals surface area contributed by atoms with Gasteiger partial charge in [-0.1, -0.05) is 17.3 Å². The summed E-state index contributed by atoms with van der Waals surface area (Å²) in [7, 11) is 0. The zero-order chi connectivity index (χ0) is 19.5. The summed E-state index contributed by atoms with van der Waals surface area (Å²) in [6.45, 7) is 10.3. The normalized spacial score (nSPS) is 11.8. The van der Waals surface area contributed by atoms with E-state index < -0.39 is 17.2 Å². The van der Waals surface area contributed by atoms with Gasteiger partial charge in [-0.2, -0.15) is 4.98 Å². The Morgan fingerprint density at radius 1 is 1.12 bits per heavy atom. The van der Waals surface area contributed by atoms with Gasteiger partial charge in [-0.3, -0.25) is 10.1 Å². The summed E-state index contributed by atoms with van der Waals surface area (Å²) in [6, 6.07) is 7.02. The molecule has 8 heteroatoms. The maximum atomic E-state index is 12.0. The first-order valence-electron chi connectivity index (χ1n) is 8.20. The average molecular weight is 360 g/mol. The fourth-order valence-electron chi connectivity index (χ4n) is 2.27. The van der Waals surface area contributed by atoms with E-state index in [1.165, 1.54) is 6.92 Å². The van der Waals surface area contributed by atoms with E-state index in [-0.39, 0.29) is 11.8 Å². The van der Waals surface area contributed by atoms with Gasteiger partial charge in [0.25, 0.3) is 5.89 Å². The number of hydrogen-bond donors (Lipinski definition) is 2. The molecule has 1 aromatic heterocycles. The van der Waals surface area contributed by atoms with Crippen LogP contribution in [-0.2, 0) is 15.1 Å². The van der Waals surface area contributed by atoms with Crippen LogP contribution >= 0.6 is 0 Å². The third-order valence-corrected chi connectivity index (χ3v) is 3.27. The topological polar surface area (TPSA) is 106 Å². The van der Waals surface area contributed by atoms with Gasteiger partial charge in [0.15, 0.2) is 5.82 Å². The molecule has 0 bridgehead atoms. The Morgan fingerprint density at radius 3 is 2.38 bits per heavy atom. The van der Waals surface area contributed by atoms with Crippen molar-refractivity contribution < 1.29 is 18.8 Å². The number of rotatable bonds is 4. The van der Waals surface area contributed by atoms with Gasteiger partial charge in [-0.05, 0) is 46.8 Å². The molecule has 26 heavy (non-hydrogen) atoms. The second-order valence-corrected chi connectivity index (χ2v) is 7.40. The van der Waals surface area contributed by atoms with Crippen LogP contribution in [0.15, 0.2) is 28.8 Å². The van der Waals surface area contributed by atoms with E-state index in [1.54, 1.807) is 58.9 Å². The SMILES string of the molecule is CC(=O)NC(C)(C)c1noc(-c2ccccc2NC(=O)OC(C)(C)C)n1. The summed E-state index contributed by atoms with van der Waals surface area (Å²) >= 11 is 0. The van der Waals surface area contributed by atoms with Gasteiger partial charge in [-0.15, -0.1) is 0 Å². The molecule has 2 amide bonds. The molecule has 0 spiro atoms. The van der Waals surface area contributed by atoms with Crippen molar-refractivity contribution in [3.05, 3.63) is 30.1 Å². The highest BCUT2D eigenvalue weighted by atomic mass is 16.6. The van der Waals surface area contributed by atoms with E-state index >= 15 is 0 Å². The maximum absolute atomic E-state index is 12.0. The predicted molar refractivity (Wildman–Crippen MR) is 96.4 cm³/mol. The van der Waals surface area contributed by atoms with Gasteiger partial charge in [0.2, 0.25) is 5.91 Å². The number of carbonyl (C=O) groups excluding carboxylic acids is 2. The monoisotopic (exact) mass is 360 g/mol. The van der Waals surface area contributed by atoms with Gasteiger partial charge in [-0.25, -0.2) is 4.79 Å². The number of amides is 2. The average Bonchev–Trinajstić information content (AvgIpc) is 2.94. The molecule has 2 aromatic rings. The van der Waals surface area contributed by atoms with E-state index in [2.05, 4.69) is 20.8 Å². The molecule has 140 valence electrons. The van der Waals surface area contributed by atoms with Crippen LogP contribution in [0.3, 0.4) is 0 Å². The fourth-order valence-corrected chi connectivity index (χ4v) is 2.27. The van der Waals surface area contributed by atoms with Gasteiger partial charge in [0.05, 0.1) is 16.8 Å². The number of anilines is 1. The standard InChI is InChI=1S/C18H24N4O4/c1-11(23)21-18(5,6)15-20-14(26-22-15)12-9-7-8-10-13(12)19-16(24)25-17(2,3)4/h7-10H,1-6H3,(H,19,24)(H,21,23). The summed E-state index contributed by atoms with van der Waals surface area (Å²) < 4.78 is 10.6. The molecular weight excluding hydrogens is 336 g/mol. The van der Waals surface area contributed by atoms with Crippen molar-refractivity contribution in [3.8, 4) is 11.5 Å². The van der Waals surface area contributed by atoms with Crippen molar-refractivity contribution in [2.45, 2.75) is 52.7 Å². The first-order chi connectivity index (χ1) is 12.0. The number of carbonyl (C=O) groups is 2. The Kier molecular flexibility index (Phi) is 5.34. The van der Waals surface area contributed by atoms with Gasteiger partial charge < -0.3 is 14.6 Å². The second kappa shape index (κ2) is 7.15. The Morgan fingerprint density at radius 2 is 1.77 bits per heavy atom. The number of nitrogens with one attached hydrogen (secondary N) is 2. The van der Waals surface area contributed by atoms with Crippen LogP contribution in [0.4, 0.5) is 10.5 Å². The summed E-state index contributed by atoms with van der Waals surface area (Å²) in [5, 5.41) is 9.40. The van der Waals surface area contributed by atoms with Crippen molar-refractivity contribution >= 4 is 17.7 Å². The van der Waals surface area contributed by atoms with Crippen LogP contribution in [-0.4, -0.2) is 27.7 Å². The van der Waals surface area contributed by atoms with E-state index in [1.807, 2.05) is 0 Å². The Hall–Kier alpha value is -2.90. The summed E-state index contributed by atoms with van der Waals surface area (Å²) in [4.78, 5) is 27.8. The number of nitrogens with zero attached hydrogens (tertiary/aromatic N) is 2. The molecule has 2 rings (SSSR count). The number of benzene rings is 1. The first kappa shape index (κ1) is 19.4. The van der Waals surface area contributed by atoms with Crippen LogP contribution in [0.5, 0.6) is 0 Å². The Balaban J connectivity index is 2.28. The van der Waals surface area contributed by atoms with Crippen LogP contribution < -0.4 is 10.6 Å². The van der Waals surface area contributed by atoms with Crippen LogP contribution in [0.2, 0.25) is 0 Å². The molecule has 1 heterocycles. The minimum Gasteiger partial charge on any atom is -0.444 e. The maximum Gasteiger partial charge on any atom is 0.412 e. The first-order valence-corrected chi connectivity index (χ1v) is 8.20. The minimum absolute atomic E-state index is 0.201. The summed E-state index contributed by atoms with van der Waals surface area (Å²) in [5.74, 6) is 0.355. The smallest absolute Gasteiger partial charge is 0.412 e. The molecule has 0 atom stereocenters. The number of hydrogen-bond acceptors (Lipinski definition) is 6. The lowest BCUT2D eigenvalue weighted by Crippen LogP contribution is -2.40. The second-order valence-electron chi connectivity index (χ2n) is 7.40. The van der Waals surface area contributed by atoms with E-state index in [0.29, 0.717) is 17.1 Å². The van der Waals surface area contributed by atoms with Crippen LogP contribution in [0.25, 0.3) is 11.5 Å². The van der Waals surface area contributed by atoms with Gasteiger partial charge in [0, 0.05) is 6.92 Å². The van der Waals surface area contributed by atoms with E-state index in [4.69, 9.17) is 9.26 Å². The summed E-state index contributed by atoms with van der Waals surface area (Å²) in [6.07, 6.45) is -0.580.